The molecule has 0 aliphatic carbocycles. The lowest BCUT2D eigenvalue weighted by Gasteiger charge is -2.09. The quantitative estimate of drug-likeness (QED) is 0.122. The second kappa shape index (κ2) is 15.3. The summed E-state index contributed by atoms with van der Waals surface area (Å²) in [5.41, 5.74) is 3.88. The molecule has 268 valence electrons. The summed E-state index contributed by atoms with van der Waals surface area (Å²) in [6.45, 7) is 1.75. The van der Waals surface area contributed by atoms with Crippen molar-refractivity contribution in [3.63, 3.8) is 0 Å². The van der Waals surface area contributed by atoms with Gasteiger partial charge < -0.3 is 15.1 Å². The van der Waals surface area contributed by atoms with Gasteiger partial charge >= 0.3 is 0 Å². The van der Waals surface area contributed by atoms with Crippen molar-refractivity contribution in [2.24, 2.45) is 0 Å². The minimum absolute atomic E-state index is 0.0187. The second-order valence-electron chi connectivity index (χ2n) is 11.9. The molecule has 0 saturated carbocycles. The number of aromatic nitrogens is 2. The number of aliphatic hydroxyl groups is 1. The molecule has 2 aromatic heterocycles. The number of fused-ring (bicyclic) bond motifs is 2. The van der Waals surface area contributed by atoms with Gasteiger partial charge in [0.15, 0.2) is 0 Å². The molecule has 0 unspecified atom stereocenters. The van der Waals surface area contributed by atoms with Gasteiger partial charge in [-0.15, -0.1) is 0 Å². The molecule has 5 aromatic carbocycles. The van der Waals surface area contributed by atoms with E-state index in [0.29, 0.717) is 28.3 Å². The largest absolute Gasteiger partial charge is 0.396 e. The Balaban J connectivity index is 0.000000192. The Bertz CT molecular complexity index is 2650. The van der Waals surface area contributed by atoms with Gasteiger partial charge in [0.05, 0.1) is 31.1 Å². The van der Waals surface area contributed by atoms with Gasteiger partial charge in [0.2, 0.25) is 19.7 Å². The number of nitrogens with one attached hydrogen (secondary N) is 2. The van der Waals surface area contributed by atoms with Gasteiger partial charge in [0.1, 0.15) is 0 Å². The Morgan fingerprint density at radius 2 is 1.00 bits per heavy atom. The molecule has 0 bridgehead atoms. The maximum absolute atomic E-state index is 13.2. The van der Waals surface area contributed by atoms with Crippen LogP contribution in [0.5, 0.6) is 0 Å². The lowest BCUT2D eigenvalue weighted by atomic mass is 10.1. The average molecular weight is 757 g/mol. The molecular weight excluding hydrogens is 721 g/mol. The summed E-state index contributed by atoms with van der Waals surface area (Å²) in [4.78, 5) is 6.98. The van der Waals surface area contributed by atoms with Crippen molar-refractivity contribution >= 4 is 51.6 Å². The summed E-state index contributed by atoms with van der Waals surface area (Å²) in [6, 6.07) is 33.9. The van der Waals surface area contributed by atoms with Gasteiger partial charge in [-0.05, 0) is 79.4 Å². The van der Waals surface area contributed by atoms with E-state index in [1.165, 1.54) is 24.5 Å². The molecule has 0 saturated heterocycles. The fourth-order valence-electron chi connectivity index (χ4n) is 5.90. The lowest BCUT2D eigenvalue weighted by molar-refractivity contribution is 0.300. The average Bonchev–Trinajstić information content (AvgIpc) is 3.80. The fraction of sp³-hybridized carbons (Fsp3) is 0.128. The van der Waals surface area contributed by atoms with E-state index >= 15 is 0 Å². The summed E-state index contributed by atoms with van der Waals surface area (Å²) in [7, 11) is -11.2. The molecular formula is C39H36N2O8S3. The molecule has 10 nitrogen and oxygen atoms in total. The van der Waals surface area contributed by atoms with Gasteiger partial charge in [0.25, 0.3) is 10.1 Å². The first kappa shape index (κ1) is 36.7. The van der Waals surface area contributed by atoms with Gasteiger partial charge in [-0.25, -0.2) is 16.8 Å². The third kappa shape index (κ3) is 7.59. The predicted octanol–water partition coefficient (Wildman–Crippen LogP) is 6.79. The van der Waals surface area contributed by atoms with Crippen molar-refractivity contribution < 1.29 is 34.5 Å². The third-order valence-corrected chi connectivity index (χ3v) is 13.4. The molecule has 3 N–H and O–H groups in total. The van der Waals surface area contributed by atoms with Gasteiger partial charge in [-0.3, -0.25) is 4.18 Å². The standard InChI is InChI=1S/C23H21NO5S2.C16H15NO3S/c1-17-10-12-20(13-11-17)31(27,28)29-15-14-18-6-5-9-21-23(18)22(16-24-21)30(25,26)19-7-3-2-4-8-19;18-10-9-12-5-4-8-14-16(12)15(11-17-14)21(19,20)13-6-2-1-3-7-13/h2-13,16,24H,14-15H2,1H3;1-8,11,17-18H,9-10H2. The zero-order chi connectivity index (χ0) is 36.9. The van der Waals surface area contributed by atoms with E-state index in [1.54, 1.807) is 91.0 Å². The van der Waals surface area contributed by atoms with E-state index < -0.39 is 29.8 Å². The first-order valence-corrected chi connectivity index (χ1v) is 20.7. The van der Waals surface area contributed by atoms with E-state index in [0.717, 1.165) is 16.6 Å². The normalized spacial score (nSPS) is 12.1. The highest BCUT2D eigenvalue weighted by Gasteiger charge is 2.25. The third-order valence-electron chi connectivity index (χ3n) is 8.50. The Kier molecular flexibility index (Phi) is 10.8. The van der Waals surface area contributed by atoms with E-state index in [2.05, 4.69) is 9.97 Å². The van der Waals surface area contributed by atoms with Crippen molar-refractivity contribution in [2.75, 3.05) is 13.2 Å². The smallest absolute Gasteiger partial charge is 0.296 e. The number of sulfone groups is 2. The van der Waals surface area contributed by atoms with Crippen LogP contribution in [0.1, 0.15) is 16.7 Å². The van der Waals surface area contributed by atoms with Crippen molar-refractivity contribution in [1.29, 1.82) is 0 Å². The number of aliphatic hydroxyl groups excluding tert-OH is 1. The van der Waals surface area contributed by atoms with Crippen molar-refractivity contribution in [2.45, 2.75) is 44.2 Å². The zero-order valence-corrected chi connectivity index (χ0v) is 30.5. The second-order valence-corrected chi connectivity index (χ2v) is 17.4. The van der Waals surface area contributed by atoms with E-state index in [9.17, 15) is 25.3 Å². The van der Waals surface area contributed by atoms with Crippen molar-refractivity contribution in [3.05, 3.63) is 150 Å². The Morgan fingerprint density at radius 1 is 0.538 bits per heavy atom. The highest BCUT2D eigenvalue weighted by Crippen LogP contribution is 2.32. The molecule has 13 heteroatoms. The van der Waals surface area contributed by atoms with Crippen LogP contribution in [0.2, 0.25) is 0 Å². The topological polar surface area (TPSA) is 163 Å². The maximum atomic E-state index is 13.2. The predicted molar refractivity (Wildman–Crippen MR) is 199 cm³/mol. The van der Waals surface area contributed by atoms with Crippen LogP contribution >= 0.6 is 0 Å². The van der Waals surface area contributed by atoms with Crippen LogP contribution in [-0.2, 0) is 46.8 Å². The molecule has 0 amide bonds. The molecule has 2 heterocycles. The SMILES string of the molecule is Cc1ccc(S(=O)(=O)OCCc2cccc3[nH]cc(S(=O)(=O)c4ccccc4)c23)cc1.O=S(=O)(c1ccccc1)c1c[nH]c2cccc(CCO)c12. The highest BCUT2D eigenvalue weighted by atomic mass is 32.2. The van der Waals surface area contributed by atoms with E-state index in [4.69, 9.17) is 9.29 Å². The summed E-state index contributed by atoms with van der Waals surface area (Å²) in [6.07, 6.45) is 3.65. The van der Waals surface area contributed by atoms with Crippen LogP contribution < -0.4 is 0 Å². The first-order valence-electron chi connectivity index (χ1n) is 16.3. The number of aromatic amines is 2. The minimum atomic E-state index is -3.89. The zero-order valence-electron chi connectivity index (χ0n) is 28.1. The number of hydrogen-bond acceptors (Lipinski definition) is 8. The van der Waals surface area contributed by atoms with Crippen LogP contribution in [0.15, 0.2) is 158 Å². The number of H-pyrrole nitrogens is 2. The van der Waals surface area contributed by atoms with E-state index in [1.807, 2.05) is 25.1 Å². The monoisotopic (exact) mass is 756 g/mol. The number of aryl methyl sites for hydroxylation is 1. The molecule has 0 aliphatic rings. The van der Waals surface area contributed by atoms with Crippen molar-refractivity contribution in [1.82, 2.24) is 9.97 Å². The van der Waals surface area contributed by atoms with Crippen LogP contribution in [0.4, 0.5) is 0 Å². The summed E-state index contributed by atoms with van der Waals surface area (Å²) >= 11 is 0. The minimum Gasteiger partial charge on any atom is -0.396 e. The Hall–Kier alpha value is -5.05. The van der Waals surface area contributed by atoms with Gasteiger partial charge in [-0.1, -0.05) is 78.4 Å². The highest BCUT2D eigenvalue weighted by molar-refractivity contribution is 7.92. The molecule has 0 fully saturated rings. The van der Waals surface area contributed by atoms with Gasteiger partial charge in [-0.2, -0.15) is 8.42 Å². The Morgan fingerprint density at radius 3 is 1.46 bits per heavy atom. The molecule has 52 heavy (non-hydrogen) atoms. The van der Waals surface area contributed by atoms with Crippen LogP contribution in [0.3, 0.4) is 0 Å². The molecule has 7 aromatic rings. The summed E-state index contributed by atoms with van der Waals surface area (Å²) in [5, 5.41) is 10.4. The molecule has 0 spiro atoms. The van der Waals surface area contributed by atoms with Crippen LogP contribution in [-0.4, -0.2) is 53.5 Å². The fourth-order valence-corrected chi connectivity index (χ4v) is 9.80. The van der Waals surface area contributed by atoms with Crippen molar-refractivity contribution in [3.8, 4) is 0 Å². The molecule has 0 radical (unpaired) electrons. The number of benzene rings is 5. The first-order chi connectivity index (χ1) is 24.9. The Labute approximate surface area is 302 Å². The summed E-state index contributed by atoms with van der Waals surface area (Å²) in [5.74, 6) is 0. The molecule has 0 aliphatic heterocycles. The van der Waals surface area contributed by atoms with Crippen LogP contribution in [0.25, 0.3) is 21.8 Å². The lowest BCUT2D eigenvalue weighted by Crippen LogP contribution is -2.09. The van der Waals surface area contributed by atoms with Crippen LogP contribution in [0, 0.1) is 6.92 Å². The number of rotatable bonds is 11. The number of hydrogen-bond donors (Lipinski definition) is 3. The molecule has 7 rings (SSSR count). The summed E-state index contributed by atoms with van der Waals surface area (Å²) < 4.78 is 82.0. The van der Waals surface area contributed by atoms with E-state index in [-0.39, 0.29) is 44.1 Å². The van der Waals surface area contributed by atoms with Gasteiger partial charge in [0, 0.05) is 40.8 Å². The maximum Gasteiger partial charge on any atom is 0.296 e. The molecule has 0 atom stereocenters.